The number of hydrogen-bond acceptors (Lipinski definition) is 5. The number of rotatable bonds is 8. The van der Waals surface area contributed by atoms with Crippen molar-refractivity contribution in [2.45, 2.75) is 58.9 Å². The van der Waals surface area contributed by atoms with Gasteiger partial charge in [-0.25, -0.2) is 9.98 Å². The Morgan fingerprint density at radius 1 is 1.10 bits per heavy atom. The van der Waals surface area contributed by atoms with Gasteiger partial charge in [0.2, 0.25) is 5.75 Å². The number of methoxy groups -OCH3 is 3. The van der Waals surface area contributed by atoms with E-state index in [-0.39, 0.29) is 0 Å². The Balaban J connectivity index is 1.82. The van der Waals surface area contributed by atoms with Crippen molar-refractivity contribution in [1.82, 2.24) is 9.55 Å². The van der Waals surface area contributed by atoms with Crippen LogP contribution in [0.1, 0.15) is 57.3 Å². The second-order valence-corrected chi connectivity index (χ2v) is 8.47. The maximum atomic E-state index is 5.55. The number of hydrogen-bond donors (Lipinski definition) is 0. The van der Waals surface area contributed by atoms with Crippen LogP contribution in [0.15, 0.2) is 28.9 Å². The second kappa shape index (κ2) is 9.16. The van der Waals surface area contributed by atoms with Crippen molar-refractivity contribution in [1.29, 1.82) is 0 Å². The van der Waals surface area contributed by atoms with Gasteiger partial charge in [0, 0.05) is 19.2 Å². The largest absolute Gasteiger partial charge is 0.493 e. The van der Waals surface area contributed by atoms with Crippen LogP contribution in [0.3, 0.4) is 0 Å². The van der Waals surface area contributed by atoms with E-state index in [1.807, 2.05) is 12.1 Å². The van der Waals surface area contributed by atoms with E-state index >= 15 is 0 Å². The minimum atomic E-state index is 0.608. The summed E-state index contributed by atoms with van der Waals surface area (Å²) in [6.45, 7) is 5.35. The van der Waals surface area contributed by atoms with Crippen LogP contribution in [0.5, 0.6) is 17.2 Å². The van der Waals surface area contributed by atoms with Gasteiger partial charge < -0.3 is 18.8 Å². The standard InChI is InChI=1S/C25H33N3O3/c1-6-7-10-28-22(14-17-12-20(29-3)24(31-5)21(13-17)30-4)27-23-16(2)11-18-8-9-19(18)15-26-25(23)28/h12-13,15,18H,6-11,14H2,1-5H3/b19-15-,23-16+,26-25+. The molecule has 4 rings (SSSR count). The van der Waals surface area contributed by atoms with Gasteiger partial charge in [0.1, 0.15) is 11.2 Å². The van der Waals surface area contributed by atoms with E-state index in [1.54, 1.807) is 21.3 Å². The maximum absolute atomic E-state index is 5.55. The minimum Gasteiger partial charge on any atom is -0.493 e. The summed E-state index contributed by atoms with van der Waals surface area (Å²) in [4.78, 5) is 10.0. The highest BCUT2D eigenvalue weighted by molar-refractivity contribution is 5.54. The summed E-state index contributed by atoms with van der Waals surface area (Å²) in [5.74, 6) is 3.61. The zero-order valence-corrected chi connectivity index (χ0v) is 19.3. The van der Waals surface area contributed by atoms with Crippen LogP contribution < -0.4 is 25.0 Å². The van der Waals surface area contributed by atoms with Crippen molar-refractivity contribution >= 4 is 5.57 Å². The number of nitrogens with zero attached hydrogens (tertiary/aromatic N) is 3. The Hall–Kier alpha value is -2.76. The van der Waals surface area contributed by atoms with Gasteiger partial charge in [-0.05, 0) is 67.4 Å². The number of unbranched alkanes of at least 4 members (excludes halogenated alkanes) is 1. The molecule has 1 aliphatic carbocycles. The predicted molar refractivity (Wildman–Crippen MR) is 121 cm³/mol. The molecule has 0 amide bonds. The Labute approximate surface area is 184 Å². The summed E-state index contributed by atoms with van der Waals surface area (Å²) in [5.41, 5.74) is 4.90. The Morgan fingerprint density at radius 3 is 2.42 bits per heavy atom. The normalized spacial score (nSPS) is 21.9. The molecule has 1 aromatic carbocycles. The van der Waals surface area contributed by atoms with Gasteiger partial charge >= 0.3 is 0 Å². The lowest BCUT2D eigenvalue weighted by molar-refractivity contribution is 0.324. The van der Waals surface area contributed by atoms with Crippen molar-refractivity contribution in [3.63, 3.8) is 0 Å². The summed E-state index contributed by atoms with van der Waals surface area (Å²) < 4.78 is 18.9. The van der Waals surface area contributed by atoms with E-state index in [9.17, 15) is 0 Å². The van der Waals surface area contributed by atoms with Gasteiger partial charge in [-0.3, -0.25) is 0 Å². The number of aromatic nitrogens is 2. The van der Waals surface area contributed by atoms with Gasteiger partial charge in [-0.15, -0.1) is 0 Å². The van der Waals surface area contributed by atoms with Crippen molar-refractivity contribution in [2.24, 2.45) is 10.9 Å². The fraction of sp³-hybridized carbons (Fsp3) is 0.520. The van der Waals surface area contributed by atoms with Gasteiger partial charge in [0.05, 0.1) is 21.3 Å². The van der Waals surface area contributed by atoms with Gasteiger partial charge in [0.15, 0.2) is 17.0 Å². The average molecular weight is 424 g/mol. The highest BCUT2D eigenvalue weighted by atomic mass is 16.5. The highest BCUT2D eigenvalue weighted by Crippen LogP contribution is 2.39. The Kier molecular flexibility index (Phi) is 6.35. The molecular weight excluding hydrogens is 390 g/mol. The zero-order chi connectivity index (χ0) is 22.0. The van der Waals surface area contributed by atoms with Crippen molar-refractivity contribution in [3.05, 3.63) is 46.1 Å². The molecule has 1 fully saturated rings. The smallest absolute Gasteiger partial charge is 0.203 e. The first-order valence-corrected chi connectivity index (χ1v) is 11.2. The van der Waals surface area contributed by atoms with Crippen LogP contribution in [0, 0.1) is 5.92 Å². The average Bonchev–Trinajstić information content (AvgIpc) is 3.10. The van der Waals surface area contributed by atoms with E-state index in [0.717, 1.165) is 48.0 Å². The number of fused-ring (bicyclic) bond motifs is 2. The highest BCUT2D eigenvalue weighted by Gasteiger charge is 2.26. The molecule has 1 aromatic heterocycles. The number of allylic oxidation sites excluding steroid dienone is 1. The molecule has 31 heavy (non-hydrogen) atoms. The second-order valence-electron chi connectivity index (χ2n) is 8.47. The van der Waals surface area contributed by atoms with Crippen molar-refractivity contribution in [2.75, 3.05) is 21.3 Å². The number of benzene rings is 1. The van der Waals surface area contributed by atoms with E-state index in [4.69, 9.17) is 24.2 Å². The third kappa shape index (κ3) is 4.08. The molecule has 0 N–H and O–H groups in total. The molecule has 166 valence electrons. The van der Waals surface area contributed by atoms with Crippen LogP contribution in [0.25, 0.3) is 5.57 Å². The molecule has 0 saturated heterocycles. The van der Waals surface area contributed by atoms with E-state index < -0.39 is 0 Å². The van der Waals surface area contributed by atoms with Gasteiger partial charge in [-0.1, -0.05) is 13.3 Å². The topological polar surface area (TPSA) is 57.9 Å². The monoisotopic (exact) mass is 423 g/mol. The summed E-state index contributed by atoms with van der Waals surface area (Å²) in [5, 5.41) is 1.06. The molecule has 2 aromatic rings. The Morgan fingerprint density at radius 2 is 1.84 bits per heavy atom. The SMILES string of the molecule is CCCCn1c(Cc2cc(OC)c(OC)c(OC)c2)nc2/c1=N\C=C1\CCC1C\C=2C. The maximum Gasteiger partial charge on any atom is 0.203 e. The molecular formula is C25H33N3O3. The fourth-order valence-electron chi connectivity index (χ4n) is 4.54. The predicted octanol–water partition coefficient (Wildman–Crippen LogP) is 3.79. The number of ether oxygens (including phenoxy) is 3. The molecule has 0 spiro atoms. The Bertz CT molecular complexity index is 1090. The third-order valence-corrected chi connectivity index (χ3v) is 6.46. The molecule has 0 radical (unpaired) electrons. The summed E-state index contributed by atoms with van der Waals surface area (Å²) >= 11 is 0. The molecule has 6 nitrogen and oxygen atoms in total. The quantitative estimate of drug-likeness (QED) is 0.648. The van der Waals surface area contributed by atoms with Gasteiger partial charge in [-0.2, -0.15) is 0 Å². The van der Waals surface area contributed by atoms with Crippen LogP contribution in [0.2, 0.25) is 0 Å². The molecule has 0 bridgehead atoms. The molecule has 6 heteroatoms. The van der Waals surface area contributed by atoms with Crippen LogP contribution >= 0.6 is 0 Å². The molecule has 2 heterocycles. The van der Waals surface area contributed by atoms with Crippen molar-refractivity contribution < 1.29 is 14.2 Å². The van der Waals surface area contributed by atoms with Crippen LogP contribution in [-0.4, -0.2) is 30.9 Å². The first-order chi connectivity index (χ1) is 15.1. The first-order valence-electron chi connectivity index (χ1n) is 11.2. The van der Waals surface area contributed by atoms with E-state index in [1.165, 1.54) is 24.0 Å². The van der Waals surface area contributed by atoms with Crippen molar-refractivity contribution in [3.8, 4) is 17.2 Å². The summed E-state index contributed by atoms with van der Waals surface area (Å²) in [6.07, 6.45) is 8.54. The summed E-state index contributed by atoms with van der Waals surface area (Å²) in [7, 11) is 4.92. The van der Waals surface area contributed by atoms with Gasteiger partial charge in [0.25, 0.3) is 0 Å². The lowest BCUT2D eigenvalue weighted by Gasteiger charge is -2.30. The van der Waals surface area contributed by atoms with Crippen LogP contribution in [0.4, 0.5) is 0 Å². The van der Waals surface area contributed by atoms with E-state index in [2.05, 4.69) is 24.6 Å². The zero-order valence-electron chi connectivity index (χ0n) is 19.3. The molecule has 1 aliphatic heterocycles. The fourth-order valence-corrected chi connectivity index (χ4v) is 4.54. The molecule has 1 saturated carbocycles. The molecule has 2 aliphatic rings. The lowest BCUT2D eigenvalue weighted by atomic mass is 9.76. The third-order valence-electron chi connectivity index (χ3n) is 6.46. The summed E-state index contributed by atoms with van der Waals surface area (Å²) in [6, 6.07) is 4.01. The lowest BCUT2D eigenvalue weighted by Crippen LogP contribution is -2.34. The first kappa shape index (κ1) is 21.5. The van der Waals surface area contributed by atoms with Crippen LogP contribution in [-0.2, 0) is 13.0 Å². The molecule has 1 unspecified atom stereocenters. The minimum absolute atomic E-state index is 0.608. The van der Waals surface area contributed by atoms with E-state index in [0.29, 0.717) is 29.6 Å². The number of imidazole rings is 1. The molecule has 1 atom stereocenters.